The molecule has 1 heterocycles. The highest BCUT2D eigenvalue weighted by molar-refractivity contribution is 5.92. The summed E-state index contributed by atoms with van der Waals surface area (Å²) in [7, 11) is 1.22. The number of halogens is 2. The van der Waals surface area contributed by atoms with Crippen LogP contribution in [0.1, 0.15) is 46.9 Å². The summed E-state index contributed by atoms with van der Waals surface area (Å²) in [5.41, 5.74) is 1.96. The molecule has 0 aliphatic heterocycles. The summed E-state index contributed by atoms with van der Waals surface area (Å²) in [4.78, 5) is 12.1. The highest BCUT2D eigenvalue weighted by atomic mass is 19.1. The maximum atomic E-state index is 13.7. The van der Waals surface area contributed by atoms with Crippen LogP contribution in [0.2, 0.25) is 0 Å². The van der Waals surface area contributed by atoms with Crippen LogP contribution in [0.15, 0.2) is 54.2 Å². The van der Waals surface area contributed by atoms with Crippen molar-refractivity contribution in [2.45, 2.75) is 31.8 Å². The highest BCUT2D eigenvalue weighted by Crippen LogP contribution is 2.55. The van der Waals surface area contributed by atoms with Gasteiger partial charge in [0.15, 0.2) is 0 Å². The third-order valence-electron chi connectivity index (χ3n) is 6.98. The number of fused-ring (bicyclic) bond motifs is 2. The summed E-state index contributed by atoms with van der Waals surface area (Å²) in [5.74, 6) is 4.33. The van der Waals surface area contributed by atoms with Gasteiger partial charge in [0, 0.05) is 11.0 Å². The van der Waals surface area contributed by atoms with Crippen LogP contribution < -0.4 is 0 Å². The molecule has 34 heavy (non-hydrogen) atoms. The summed E-state index contributed by atoms with van der Waals surface area (Å²) in [6.07, 6.45) is 5.38. The van der Waals surface area contributed by atoms with Crippen molar-refractivity contribution in [3.63, 3.8) is 0 Å². The predicted molar refractivity (Wildman–Crippen MR) is 122 cm³/mol. The molecule has 0 amide bonds. The lowest BCUT2D eigenvalue weighted by molar-refractivity contribution is 0.0153. The Kier molecular flexibility index (Phi) is 5.14. The average Bonchev–Trinajstić information content (AvgIpc) is 3.34. The first-order valence-electron chi connectivity index (χ1n) is 10.9. The van der Waals surface area contributed by atoms with Gasteiger partial charge in [-0.05, 0) is 73.4 Å². The second-order valence-corrected chi connectivity index (χ2v) is 8.91. The highest BCUT2D eigenvalue weighted by Gasteiger charge is 2.54. The van der Waals surface area contributed by atoms with Crippen LogP contribution >= 0.6 is 0 Å². The van der Waals surface area contributed by atoms with Gasteiger partial charge in [-0.15, -0.1) is 0 Å². The summed E-state index contributed by atoms with van der Waals surface area (Å²) >= 11 is 0. The molecule has 3 aromatic rings. The number of aliphatic hydroxyl groups is 1. The first-order chi connectivity index (χ1) is 16.2. The van der Waals surface area contributed by atoms with Gasteiger partial charge >= 0.3 is 5.97 Å². The van der Waals surface area contributed by atoms with Gasteiger partial charge in [-0.2, -0.15) is 5.10 Å². The predicted octanol–water partition coefficient (Wildman–Crippen LogP) is 4.46. The summed E-state index contributed by atoms with van der Waals surface area (Å²) < 4.78 is 33.6. The van der Waals surface area contributed by atoms with Gasteiger partial charge in [-0.25, -0.2) is 18.3 Å². The van der Waals surface area contributed by atoms with E-state index in [-0.39, 0.29) is 11.4 Å². The Morgan fingerprint density at radius 2 is 1.91 bits per heavy atom. The molecule has 2 aliphatic rings. The van der Waals surface area contributed by atoms with Crippen LogP contribution in [-0.2, 0) is 11.2 Å². The molecular formula is C27H22F2N2O3. The van der Waals surface area contributed by atoms with Crippen molar-refractivity contribution in [3.8, 4) is 17.5 Å². The SMILES string of the molecule is COC(=O)c1cc(F)ccc1C#C[C@]1(O)CCC2=Cc3c(cnn3-c3ccc(F)cc3)C[C@@]21C. The van der Waals surface area contributed by atoms with Gasteiger partial charge in [0.2, 0.25) is 0 Å². The fraction of sp³-hybridized carbons (Fsp3) is 0.259. The van der Waals surface area contributed by atoms with Crippen molar-refractivity contribution in [1.29, 1.82) is 0 Å². The lowest BCUT2D eigenvalue weighted by atomic mass is 9.67. The monoisotopic (exact) mass is 460 g/mol. The van der Waals surface area contributed by atoms with E-state index in [0.717, 1.165) is 28.6 Å². The van der Waals surface area contributed by atoms with Gasteiger partial charge in [0.05, 0.1) is 30.3 Å². The molecule has 0 bridgehead atoms. The first-order valence-corrected chi connectivity index (χ1v) is 10.9. The third kappa shape index (κ3) is 3.42. The maximum Gasteiger partial charge on any atom is 0.339 e. The lowest BCUT2D eigenvalue weighted by Gasteiger charge is -2.39. The Bertz CT molecular complexity index is 1400. The van der Waals surface area contributed by atoms with E-state index in [1.54, 1.807) is 23.0 Å². The standard InChI is InChI=1S/C27H22F2N2O3/c1-26-15-18-16-30-31(22-7-5-20(28)6-8-22)24(18)13-19(26)10-12-27(26,33)11-9-17-3-4-21(29)14-23(17)25(32)34-2/h3-8,13-14,16,33H,10,12,15H2,1-2H3/t26-,27-/m0/s1. The Hall–Kier alpha value is -3.76. The van der Waals surface area contributed by atoms with Crippen LogP contribution in [0.5, 0.6) is 0 Å². The summed E-state index contributed by atoms with van der Waals surface area (Å²) in [6.45, 7) is 1.98. The number of nitrogens with zero attached hydrogens (tertiary/aromatic N) is 2. The zero-order valence-electron chi connectivity index (χ0n) is 18.7. The zero-order chi connectivity index (χ0) is 24.1. The topological polar surface area (TPSA) is 64.3 Å². The number of benzene rings is 2. The maximum absolute atomic E-state index is 13.7. The lowest BCUT2D eigenvalue weighted by Crippen LogP contribution is -2.44. The molecule has 0 radical (unpaired) electrons. The van der Waals surface area contributed by atoms with Gasteiger partial charge in [0.25, 0.3) is 0 Å². The number of carbonyl (C=O) groups excluding carboxylic acids is 1. The molecule has 0 saturated heterocycles. The molecule has 1 aromatic heterocycles. The van der Waals surface area contributed by atoms with E-state index in [2.05, 4.69) is 16.9 Å². The average molecular weight is 460 g/mol. The molecule has 2 aliphatic carbocycles. The molecule has 5 nitrogen and oxygen atoms in total. The normalized spacial score (nSPS) is 22.8. The molecule has 1 N–H and O–H groups in total. The molecule has 0 unspecified atom stereocenters. The van der Waals surface area contributed by atoms with Crippen LogP contribution in [0, 0.1) is 28.9 Å². The third-order valence-corrected chi connectivity index (χ3v) is 6.98. The molecule has 1 saturated carbocycles. The van der Waals surface area contributed by atoms with Gasteiger partial charge in [-0.1, -0.05) is 24.3 Å². The Morgan fingerprint density at radius 1 is 1.18 bits per heavy atom. The second kappa shape index (κ2) is 7.93. The number of rotatable bonds is 2. The van der Waals surface area contributed by atoms with E-state index < -0.39 is 22.8 Å². The number of esters is 1. The number of carbonyl (C=O) groups is 1. The van der Waals surface area contributed by atoms with E-state index >= 15 is 0 Å². The number of ether oxygens (including phenoxy) is 1. The van der Waals surface area contributed by atoms with E-state index in [4.69, 9.17) is 4.74 Å². The smallest absolute Gasteiger partial charge is 0.339 e. The zero-order valence-corrected chi connectivity index (χ0v) is 18.7. The van der Waals surface area contributed by atoms with Crippen LogP contribution in [-0.4, -0.2) is 33.6 Å². The van der Waals surface area contributed by atoms with Crippen molar-refractivity contribution in [2.24, 2.45) is 5.41 Å². The summed E-state index contributed by atoms with van der Waals surface area (Å²) in [6, 6.07) is 9.85. The minimum absolute atomic E-state index is 0.0176. The van der Waals surface area contributed by atoms with E-state index in [1.165, 1.54) is 31.4 Å². The summed E-state index contributed by atoms with van der Waals surface area (Å²) in [5, 5.41) is 16.1. The number of methoxy groups -OCH3 is 1. The van der Waals surface area contributed by atoms with Crippen LogP contribution in [0.3, 0.4) is 0 Å². The van der Waals surface area contributed by atoms with Gasteiger partial charge in [0.1, 0.15) is 17.2 Å². The molecule has 5 rings (SSSR count). The van der Waals surface area contributed by atoms with Crippen molar-refractivity contribution in [1.82, 2.24) is 9.78 Å². The largest absolute Gasteiger partial charge is 0.465 e. The molecule has 172 valence electrons. The van der Waals surface area contributed by atoms with Crippen molar-refractivity contribution < 1.29 is 23.4 Å². The Morgan fingerprint density at radius 3 is 2.65 bits per heavy atom. The van der Waals surface area contributed by atoms with Gasteiger partial charge < -0.3 is 9.84 Å². The number of hydrogen-bond donors (Lipinski definition) is 1. The molecule has 0 spiro atoms. The minimum Gasteiger partial charge on any atom is -0.465 e. The van der Waals surface area contributed by atoms with E-state index in [0.29, 0.717) is 24.8 Å². The first kappa shape index (κ1) is 22.1. The van der Waals surface area contributed by atoms with Crippen LogP contribution in [0.4, 0.5) is 8.78 Å². The van der Waals surface area contributed by atoms with Gasteiger partial charge in [-0.3, -0.25) is 0 Å². The Labute approximate surface area is 195 Å². The van der Waals surface area contributed by atoms with Crippen LogP contribution in [0.25, 0.3) is 11.8 Å². The molecule has 2 aromatic carbocycles. The van der Waals surface area contributed by atoms with Crippen molar-refractivity contribution in [3.05, 3.63) is 88.3 Å². The Balaban J connectivity index is 1.52. The molecule has 7 heteroatoms. The fourth-order valence-electron chi connectivity index (χ4n) is 4.92. The quantitative estimate of drug-likeness (QED) is 0.453. The fourth-order valence-corrected chi connectivity index (χ4v) is 4.92. The van der Waals surface area contributed by atoms with E-state index in [1.807, 2.05) is 13.0 Å². The minimum atomic E-state index is -1.35. The molecular weight excluding hydrogens is 438 g/mol. The van der Waals surface area contributed by atoms with Crippen molar-refractivity contribution in [2.75, 3.05) is 7.11 Å². The van der Waals surface area contributed by atoms with Crippen molar-refractivity contribution >= 4 is 12.0 Å². The second-order valence-electron chi connectivity index (χ2n) is 8.91. The number of aromatic nitrogens is 2. The van der Waals surface area contributed by atoms with E-state index in [9.17, 15) is 18.7 Å². The molecule has 1 fully saturated rings. The number of hydrogen-bond acceptors (Lipinski definition) is 4. The molecule has 2 atom stereocenters.